The van der Waals surface area contributed by atoms with E-state index in [2.05, 4.69) is 21.8 Å². The molecule has 5 heterocycles. The van der Waals surface area contributed by atoms with Crippen molar-refractivity contribution in [3.05, 3.63) is 84.2 Å². The van der Waals surface area contributed by atoms with Gasteiger partial charge in [0.15, 0.2) is 11.5 Å². The van der Waals surface area contributed by atoms with E-state index in [0.717, 1.165) is 5.56 Å². The van der Waals surface area contributed by atoms with Gasteiger partial charge in [0.25, 0.3) is 10.0 Å². The number of hydrogen-bond donors (Lipinski definition) is 0. The van der Waals surface area contributed by atoms with E-state index in [1.807, 2.05) is 13.0 Å². The summed E-state index contributed by atoms with van der Waals surface area (Å²) in [6.07, 6.45) is 4.52. The summed E-state index contributed by atoms with van der Waals surface area (Å²) in [5.74, 6) is 0.522. The highest BCUT2D eigenvalue weighted by Gasteiger charge is 2.25. The molecule has 1 saturated heterocycles. The maximum Gasteiger partial charge on any atom is 0.269 e. The summed E-state index contributed by atoms with van der Waals surface area (Å²) in [6, 6.07) is 13.5. The van der Waals surface area contributed by atoms with E-state index >= 15 is 0 Å². The van der Waals surface area contributed by atoms with E-state index in [1.165, 1.54) is 22.4 Å². The van der Waals surface area contributed by atoms with Crippen LogP contribution in [0.2, 0.25) is 0 Å². The molecule has 0 unspecified atom stereocenters. The first-order valence-corrected chi connectivity index (χ1v) is 14.3. The van der Waals surface area contributed by atoms with Crippen molar-refractivity contribution in [3.63, 3.8) is 0 Å². The number of morpholine rings is 1. The zero-order valence-electron chi connectivity index (χ0n) is 22.2. The Balaban J connectivity index is 1.53. The Kier molecular flexibility index (Phi) is 6.55. The molecule has 0 spiro atoms. The smallest absolute Gasteiger partial charge is 0.269 e. The molecular formula is C29H27FN6O3S. The fourth-order valence-corrected chi connectivity index (χ4v) is 6.23. The summed E-state index contributed by atoms with van der Waals surface area (Å²) >= 11 is 0. The normalized spacial score (nSPS) is 16.0. The summed E-state index contributed by atoms with van der Waals surface area (Å²) in [7, 11) is -3.88. The van der Waals surface area contributed by atoms with E-state index in [4.69, 9.17) is 14.7 Å². The number of fused-ring (bicyclic) bond motifs is 1. The predicted octanol–water partition coefficient (Wildman–Crippen LogP) is 4.77. The van der Waals surface area contributed by atoms with Gasteiger partial charge in [-0.25, -0.2) is 32.3 Å². The molecular weight excluding hydrogens is 531 g/mol. The number of pyridine rings is 2. The molecule has 0 amide bonds. The predicted molar refractivity (Wildman–Crippen MR) is 150 cm³/mol. The van der Waals surface area contributed by atoms with Crippen molar-refractivity contribution in [3.8, 4) is 22.6 Å². The number of aromatic nitrogens is 5. The average molecular weight is 559 g/mol. The summed E-state index contributed by atoms with van der Waals surface area (Å²) in [6.45, 7) is 7.54. The van der Waals surface area contributed by atoms with Crippen molar-refractivity contribution in [2.45, 2.75) is 31.7 Å². The van der Waals surface area contributed by atoms with Crippen LogP contribution in [0.25, 0.3) is 33.7 Å². The second kappa shape index (κ2) is 10.1. The fourth-order valence-electron chi connectivity index (χ4n) is 4.93. The zero-order valence-corrected chi connectivity index (χ0v) is 23.1. The quantitative estimate of drug-likeness (QED) is 0.284. The number of rotatable bonds is 5. The lowest BCUT2D eigenvalue weighted by Gasteiger charge is -2.34. The second-order valence-electron chi connectivity index (χ2n) is 9.90. The number of ether oxygens (including phenoxy) is 1. The first-order chi connectivity index (χ1) is 19.2. The van der Waals surface area contributed by atoms with Crippen molar-refractivity contribution in [2.75, 3.05) is 24.7 Å². The van der Waals surface area contributed by atoms with Crippen LogP contribution in [0.4, 0.5) is 10.2 Å². The Labute approximate surface area is 231 Å². The molecule has 1 atom stereocenters. The van der Waals surface area contributed by atoms with Crippen molar-refractivity contribution in [1.82, 2.24) is 23.9 Å². The highest BCUT2D eigenvalue weighted by molar-refractivity contribution is 7.90. The molecule has 1 aliphatic heterocycles. The minimum absolute atomic E-state index is 0.0787. The Bertz CT molecular complexity index is 1840. The Morgan fingerprint density at radius 1 is 1.00 bits per heavy atom. The van der Waals surface area contributed by atoms with Crippen LogP contribution in [-0.4, -0.2) is 58.1 Å². The molecule has 11 heteroatoms. The molecule has 9 nitrogen and oxygen atoms in total. The first-order valence-electron chi connectivity index (χ1n) is 12.9. The van der Waals surface area contributed by atoms with Crippen LogP contribution in [0, 0.1) is 19.8 Å². The van der Waals surface area contributed by atoms with Gasteiger partial charge in [-0.3, -0.25) is 0 Å². The standard InChI is InChI=1S/C29H27FN6O3S/c1-18-4-6-21(7-5-18)40(37,38)36-11-9-23-22(8-10-31-29(23)36)28-33-25(24-16-32-26(30)14-19(24)2)15-27(34-28)35-12-13-39-17-20(35)3/h4-11,14-16,20H,12-13,17H2,1-3H3/t20-/m1/s1. The molecule has 1 aromatic carbocycles. The van der Waals surface area contributed by atoms with E-state index in [9.17, 15) is 12.8 Å². The molecule has 0 bridgehead atoms. The van der Waals surface area contributed by atoms with E-state index < -0.39 is 16.0 Å². The van der Waals surface area contributed by atoms with Gasteiger partial charge in [-0.05, 0) is 56.7 Å². The number of halogens is 1. The molecule has 0 aliphatic carbocycles. The second-order valence-corrected chi connectivity index (χ2v) is 11.7. The Morgan fingerprint density at radius 3 is 2.55 bits per heavy atom. The van der Waals surface area contributed by atoms with Gasteiger partial charge in [-0.15, -0.1) is 0 Å². The van der Waals surface area contributed by atoms with Crippen molar-refractivity contribution < 1.29 is 17.5 Å². The molecule has 5 aromatic rings. The summed E-state index contributed by atoms with van der Waals surface area (Å²) in [4.78, 5) is 20.4. The lowest BCUT2D eigenvalue weighted by atomic mass is 10.1. The van der Waals surface area contributed by atoms with Crippen LogP contribution >= 0.6 is 0 Å². The van der Waals surface area contributed by atoms with E-state index in [0.29, 0.717) is 59.2 Å². The molecule has 204 valence electrons. The van der Waals surface area contributed by atoms with E-state index in [-0.39, 0.29) is 16.6 Å². The summed E-state index contributed by atoms with van der Waals surface area (Å²) in [5.41, 5.74) is 3.81. The van der Waals surface area contributed by atoms with Crippen LogP contribution in [0.1, 0.15) is 18.1 Å². The highest BCUT2D eigenvalue weighted by Crippen LogP contribution is 2.33. The lowest BCUT2D eigenvalue weighted by molar-refractivity contribution is 0.0985. The SMILES string of the molecule is Cc1ccc(S(=O)(=O)n2ccc3c(-c4nc(-c5cnc(F)cc5C)cc(N5CCOC[C@H]5C)n4)ccnc32)cc1. The molecule has 0 radical (unpaired) electrons. The average Bonchev–Trinajstić information content (AvgIpc) is 3.39. The number of nitrogens with zero attached hydrogens (tertiary/aromatic N) is 6. The summed E-state index contributed by atoms with van der Waals surface area (Å²) in [5, 5.41) is 0.588. The van der Waals surface area contributed by atoms with Crippen LogP contribution in [0.5, 0.6) is 0 Å². The topological polar surface area (TPSA) is 103 Å². The van der Waals surface area contributed by atoms with Gasteiger partial charge in [0.1, 0.15) is 5.82 Å². The zero-order chi connectivity index (χ0) is 28.0. The number of anilines is 1. The molecule has 1 fully saturated rings. The minimum atomic E-state index is -3.88. The fraction of sp³-hybridized carbons (Fsp3) is 0.241. The van der Waals surface area contributed by atoms with Gasteiger partial charge >= 0.3 is 0 Å². The number of benzene rings is 1. The van der Waals surface area contributed by atoms with E-state index in [1.54, 1.807) is 49.5 Å². The lowest BCUT2D eigenvalue weighted by Crippen LogP contribution is -2.44. The number of aryl methyl sites for hydroxylation is 2. The maximum atomic E-state index is 13.8. The third-order valence-electron chi connectivity index (χ3n) is 7.10. The molecule has 6 rings (SSSR count). The van der Waals surface area contributed by atoms with Crippen molar-refractivity contribution in [1.29, 1.82) is 0 Å². The van der Waals surface area contributed by atoms with Crippen molar-refractivity contribution >= 4 is 26.9 Å². The van der Waals surface area contributed by atoms with Gasteiger partial charge in [0, 0.05) is 47.7 Å². The van der Waals surface area contributed by atoms with Crippen LogP contribution < -0.4 is 4.90 Å². The molecule has 0 N–H and O–H groups in total. The van der Waals surface area contributed by atoms with Crippen LogP contribution in [0.15, 0.2) is 72.0 Å². The van der Waals surface area contributed by atoms with Gasteiger partial charge < -0.3 is 9.64 Å². The third kappa shape index (κ3) is 4.61. The first kappa shape index (κ1) is 26.0. The van der Waals surface area contributed by atoms with Gasteiger partial charge in [-0.2, -0.15) is 4.39 Å². The van der Waals surface area contributed by atoms with Crippen molar-refractivity contribution in [2.24, 2.45) is 0 Å². The highest BCUT2D eigenvalue weighted by atomic mass is 32.2. The molecule has 40 heavy (non-hydrogen) atoms. The Morgan fingerprint density at radius 2 is 1.80 bits per heavy atom. The molecule has 4 aromatic heterocycles. The van der Waals surface area contributed by atoms with Crippen LogP contribution in [-0.2, 0) is 14.8 Å². The largest absolute Gasteiger partial charge is 0.377 e. The van der Waals surface area contributed by atoms with Crippen LogP contribution in [0.3, 0.4) is 0 Å². The number of hydrogen-bond acceptors (Lipinski definition) is 8. The van der Waals surface area contributed by atoms with Gasteiger partial charge in [0.2, 0.25) is 5.95 Å². The molecule has 1 aliphatic rings. The monoisotopic (exact) mass is 558 g/mol. The third-order valence-corrected chi connectivity index (χ3v) is 8.78. The molecule has 0 saturated carbocycles. The van der Waals surface area contributed by atoms with Gasteiger partial charge in [0.05, 0.1) is 29.8 Å². The van der Waals surface area contributed by atoms with Gasteiger partial charge in [-0.1, -0.05) is 17.7 Å². The maximum absolute atomic E-state index is 13.8. The summed E-state index contributed by atoms with van der Waals surface area (Å²) < 4.78 is 47.6. The minimum Gasteiger partial charge on any atom is -0.377 e. The Hall–Kier alpha value is -4.22.